The van der Waals surface area contributed by atoms with Gasteiger partial charge in [-0.1, -0.05) is 29.8 Å². The topological polar surface area (TPSA) is 58.6 Å². The minimum absolute atomic E-state index is 0.0133. The zero-order valence-electron chi connectivity index (χ0n) is 14.3. The average Bonchev–Trinajstić information content (AvgIpc) is 3.15. The van der Waals surface area contributed by atoms with E-state index in [0.29, 0.717) is 32.8 Å². The van der Waals surface area contributed by atoms with Gasteiger partial charge in [0.15, 0.2) is 0 Å². The van der Waals surface area contributed by atoms with Gasteiger partial charge in [-0.05, 0) is 31.7 Å². The first kappa shape index (κ1) is 17.0. The third-order valence-corrected chi connectivity index (χ3v) is 5.04. The number of carbonyl (C=O) groups excluding carboxylic acids is 2. The van der Waals surface area contributed by atoms with E-state index >= 15 is 0 Å². The maximum atomic E-state index is 12.4. The number of rotatable bonds is 4. The predicted molar refractivity (Wildman–Crippen MR) is 91.3 cm³/mol. The number of benzene rings is 1. The van der Waals surface area contributed by atoms with E-state index in [1.807, 2.05) is 17.0 Å². The van der Waals surface area contributed by atoms with Crippen LogP contribution in [0.4, 0.5) is 0 Å². The second-order valence-corrected chi connectivity index (χ2v) is 6.86. The van der Waals surface area contributed by atoms with Crippen LogP contribution in [-0.4, -0.2) is 43.0 Å². The van der Waals surface area contributed by atoms with Crippen molar-refractivity contribution in [2.45, 2.75) is 32.7 Å². The Labute approximate surface area is 143 Å². The Morgan fingerprint density at radius 3 is 2.46 bits per heavy atom. The van der Waals surface area contributed by atoms with Gasteiger partial charge in [0.25, 0.3) is 0 Å². The van der Waals surface area contributed by atoms with Crippen molar-refractivity contribution in [3.8, 4) is 0 Å². The highest BCUT2D eigenvalue weighted by Crippen LogP contribution is 2.22. The van der Waals surface area contributed by atoms with Gasteiger partial charge in [-0.3, -0.25) is 9.59 Å². The molecule has 1 aromatic rings. The molecule has 1 atom stereocenters. The number of piperidine rings is 1. The van der Waals surface area contributed by atoms with Gasteiger partial charge in [-0.25, -0.2) is 0 Å². The van der Waals surface area contributed by atoms with E-state index < -0.39 is 0 Å². The number of nitrogens with zero attached hydrogens (tertiary/aromatic N) is 1. The summed E-state index contributed by atoms with van der Waals surface area (Å²) in [5, 5.41) is 3.02. The Hall–Kier alpha value is -1.88. The second-order valence-electron chi connectivity index (χ2n) is 6.86. The molecule has 5 nitrogen and oxygen atoms in total. The molecule has 130 valence electrons. The molecular weight excluding hydrogens is 304 g/mol. The number of carbonyl (C=O) groups is 2. The molecule has 2 aliphatic rings. The number of ether oxygens (including phenoxy) is 1. The molecule has 0 radical (unpaired) electrons. The van der Waals surface area contributed by atoms with Crippen LogP contribution >= 0.6 is 0 Å². The monoisotopic (exact) mass is 330 g/mol. The molecule has 1 N–H and O–H groups in total. The summed E-state index contributed by atoms with van der Waals surface area (Å²) >= 11 is 0. The van der Waals surface area contributed by atoms with Gasteiger partial charge < -0.3 is 15.0 Å². The minimum Gasteiger partial charge on any atom is -0.381 e. The molecule has 2 saturated heterocycles. The lowest BCUT2D eigenvalue weighted by atomic mass is 9.94. The first-order valence-electron chi connectivity index (χ1n) is 8.83. The third-order valence-electron chi connectivity index (χ3n) is 5.04. The summed E-state index contributed by atoms with van der Waals surface area (Å²) in [6.45, 7) is 5.22. The molecule has 2 amide bonds. The van der Waals surface area contributed by atoms with Crippen molar-refractivity contribution in [1.29, 1.82) is 0 Å². The van der Waals surface area contributed by atoms with Crippen LogP contribution in [0.25, 0.3) is 0 Å². The Balaban J connectivity index is 1.43. The van der Waals surface area contributed by atoms with Crippen LogP contribution in [0.2, 0.25) is 0 Å². The van der Waals surface area contributed by atoms with Crippen LogP contribution in [-0.2, 0) is 20.9 Å². The molecule has 0 aromatic heterocycles. The van der Waals surface area contributed by atoms with Crippen LogP contribution < -0.4 is 5.32 Å². The van der Waals surface area contributed by atoms with Crippen LogP contribution in [0, 0.1) is 18.8 Å². The Bertz CT molecular complexity index is 571. The van der Waals surface area contributed by atoms with E-state index in [1.54, 1.807) is 0 Å². The van der Waals surface area contributed by atoms with Gasteiger partial charge in [0.2, 0.25) is 11.8 Å². The summed E-state index contributed by atoms with van der Waals surface area (Å²) in [5.74, 6) is 0.342. The smallest absolute Gasteiger partial charge is 0.228 e. The van der Waals surface area contributed by atoms with Crippen molar-refractivity contribution in [3.63, 3.8) is 0 Å². The minimum atomic E-state index is 0.0133. The van der Waals surface area contributed by atoms with Crippen molar-refractivity contribution in [3.05, 3.63) is 35.4 Å². The number of amides is 2. The maximum Gasteiger partial charge on any atom is 0.228 e. The van der Waals surface area contributed by atoms with Gasteiger partial charge in [0, 0.05) is 32.2 Å². The molecule has 0 aliphatic carbocycles. The van der Waals surface area contributed by atoms with Gasteiger partial charge >= 0.3 is 0 Å². The van der Waals surface area contributed by atoms with E-state index in [2.05, 4.69) is 24.4 Å². The maximum absolute atomic E-state index is 12.4. The molecule has 0 bridgehead atoms. The van der Waals surface area contributed by atoms with Crippen molar-refractivity contribution < 1.29 is 14.3 Å². The number of hydrogen-bond acceptors (Lipinski definition) is 3. The first-order valence-corrected chi connectivity index (χ1v) is 8.83. The van der Waals surface area contributed by atoms with Gasteiger partial charge in [-0.15, -0.1) is 0 Å². The van der Waals surface area contributed by atoms with Crippen LogP contribution in [0.3, 0.4) is 0 Å². The number of likely N-dealkylation sites (tertiary alicyclic amines) is 1. The lowest BCUT2D eigenvalue weighted by molar-refractivity contribution is -0.139. The largest absolute Gasteiger partial charge is 0.381 e. The average molecular weight is 330 g/mol. The summed E-state index contributed by atoms with van der Waals surface area (Å²) in [4.78, 5) is 26.6. The molecule has 1 aromatic carbocycles. The van der Waals surface area contributed by atoms with Crippen LogP contribution in [0.1, 0.15) is 30.4 Å². The van der Waals surface area contributed by atoms with Crippen molar-refractivity contribution >= 4 is 11.8 Å². The summed E-state index contributed by atoms with van der Waals surface area (Å²) < 4.78 is 5.30. The van der Waals surface area contributed by atoms with Crippen molar-refractivity contribution in [2.24, 2.45) is 11.8 Å². The summed E-state index contributed by atoms with van der Waals surface area (Å²) in [6.07, 6.45) is 2.33. The van der Waals surface area contributed by atoms with E-state index in [1.165, 1.54) is 5.56 Å². The standard InChI is InChI=1S/C19H26N2O3/c1-14-2-4-15(5-3-14)12-20-18(22)16-6-9-21(10-7-16)19(23)17-8-11-24-13-17/h2-5,16-17H,6-13H2,1H3,(H,20,22)/t17-/m1/s1. The van der Waals surface area contributed by atoms with Crippen LogP contribution in [0.5, 0.6) is 0 Å². The second kappa shape index (κ2) is 7.79. The molecule has 5 heteroatoms. The molecular formula is C19H26N2O3. The Morgan fingerprint density at radius 1 is 1.12 bits per heavy atom. The van der Waals surface area contributed by atoms with E-state index in [-0.39, 0.29) is 23.7 Å². The van der Waals surface area contributed by atoms with Gasteiger partial charge in [-0.2, -0.15) is 0 Å². The summed E-state index contributed by atoms with van der Waals surface area (Å²) in [6, 6.07) is 8.19. The fourth-order valence-corrected chi connectivity index (χ4v) is 3.39. The van der Waals surface area contributed by atoms with E-state index in [0.717, 1.165) is 24.8 Å². The molecule has 24 heavy (non-hydrogen) atoms. The molecule has 0 spiro atoms. The predicted octanol–water partition coefficient (Wildman–Crippen LogP) is 1.89. The fourth-order valence-electron chi connectivity index (χ4n) is 3.39. The molecule has 2 heterocycles. The zero-order valence-corrected chi connectivity index (χ0v) is 14.3. The van der Waals surface area contributed by atoms with E-state index in [9.17, 15) is 9.59 Å². The number of hydrogen-bond donors (Lipinski definition) is 1. The highest BCUT2D eigenvalue weighted by atomic mass is 16.5. The Morgan fingerprint density at radius 2 is 1.83 bits per heavy atom. The lowest BCUT2D eigenvalue weighted by Gasteiger charge is -2.32. The quantitative estimate of drug-likeness (QED) is 0.917. The molecule has 2 fully saturated rings. The molecule has 3 rings (SSSR count). The molecule has 0 unspecified atom stereocenters. The van der Waals surface area contributed by atoms with E-state index in [4.69, 9.17) is 4.74 Å². The number of aryl methyl sites for hydroxylation is 1. The van der Waals surface area contributed by atoms with Crippen molar-refractivity contribution in [1.82, 2.24) is 10.2 Å². The molecule has 0 saturated carbocycles. The van der Waals surface area contributed by atoms with Gasteiger partial charge in [0.1, 0.15) is 0 Å². The highest BCUT2D eigenvalue weighted by Gasteiger charge is 2.32. The summed E-state index contributed by atoms with van der Waals surface area (Å²) in [5.41, 5.74) is 2.33. The lowest BCUT2D eigenvalue weighted by Crippen LogP contribution is -2.45. The molecule has 2 aliphatic heterocycles. The van der Waals surface area contributed by atoms with Crippen LogP contribution in [0.15, 0.2) is 24.3 Å². The normalized spacial score (nSPS) is 21.7. The zero-order chi connectivity index (χ0) is 16.9. The highest BCUT2D eigenvalue weighted by molar-refractivity contribution is 5.81. The summed E-state index contributed by atoms with van der Waals surface area (Å²) in [7, 11) is 0. The van der Waals surface area contributed by atoms with Crippen molar-refractivity contribution in [2.75, 3.05) is 26.3 Å². The van der Waals surface area contributed by atoms with Gasteiger partial charge in [0.05, 0.1) is 12.5 Å². The SMILES string of the molecule is Cc1ccc(CNC(=O)C2CCN(C(=O)[C@@H]3CCOC3)CC2)cc1. The Kier molecular flexibility index (Phi) is 5.51. The first-order chi connectivity index (χ1) is 11.6. The number of nitrogens with one attached hydrogen (secondary N) is 1. The fraction of sp³-hybridized carbons (Fsp3) is 0.579. The third kappa shape index (κ3) is 4.15.